The summed E-state index contributed by atoms with van der Waals surface area (Å²) in [6.45, 7) is 2.87. The molecule has 20 heavy (non-hydrogen) atoms. The van der Waals surface area contributed by atoms with Crippen LogP contribution in [0.5, 0.6) is 0 Å². The zero-order chi connectivity index (χ0) is 14.5. The zero-order valence-electron chi connectivity index (χ0n) is 11.5. The summed E-state index contributed by atoms with van der Waals surface area (Å²) < 4.78 is 0. The number of aryl methyl sites for hydroxylation is 1. The molecule has 1 aliphatic rings. The standard InChI is InChI=1S/C14H19N3O3/c1-10-4-2-5-11(16-10)9-15-14(20)17-7-3-6-12(17)8-13(18)19/h2,4-5,12H,3,6-9H2,1H3,(H,15,20)(H,18,19). The second-order valence-electron chi connectivity index (χ2n) is 5.02. The van der Waals surface area contributed by atoms with E-state index in [1.165, 1.54) is 0 Å². The first kappa shape index (κ1) is 14.3. The fraction of sp³-hybridized carbons (Fsp3) is 0.500. The number of aliphatic carboxylic acids is 1. The van der Waals surface area contributed by atoms with E-state index in [1.807, 2.05) is 25.1 Å². The molecule has 2 amide bonds. The lowest BCUT2D eigenvalue weighted by Gasteiger charge is -2.23. The summed E-state index contributed by atoms with van der Waals surface area (Å²) in [5.74, 6) is -0.866. The highest BCUT2D eigenvalue weighted by Crippen LogP contribution is 2.20. The van der Waals surface area contributed by atoms with Crippen molar-refractivity contribution in [2.24, 2.45) is 0 Å². The minimum absolute atomic E-state index is 0.0100. The molecule has 1 aromatic rings. The molecular formula is C14H19N3O3. The van der Waals surface area contributed by atoms with Gasteiger partial charge in [0, 0.05) is 18.3 Å². The van der Waals surface area contributed by atoms with E-state index in [0.717, 1.165) is 24.2 Å². The summed E-state index contributed by atoms with van der Waals surface area (Å²) in [7, 11) is 0. The normalized spacial score (nSPS) is 18.1. The molecule has 0 spiro atoms. The van der Waals surface area contributed by atoms with Crippen LogP contribution in [0.4, 0.5) is 4.79 Å². The second-order valence-corrected chi connectivity index (χ2v) is 5.02. The van der Waals surface area contributed by atoms with E-state index in [-0.39, 0.29) is 18.5 Å². The Morgan fingerprint density at radius 2 is 2.30 bits per heavy atom. The van der Waals surface area contributed by atoms with Crippen LogP contribution < -0.4 is 5.32 Å². The number of rotatable bonds is 4. The Kier molecular flexibility index (Phi) is 4.55. The van der Waals surface area contributed by atoms with Crippen molar-refractivity contribution < 1.29 is 14.7 Å². The maximum absolute atomic E-state index is 12.1. The van der Waals surface area contributed by atoms with E-state index in [4.69, 9.17) is 5.11 Å². The van der Waals surface area contributed by atoms with E-state index in [2.05, 4.69) is 10.3 Å². The third kappa shape index (κ3) is 3.69. The van der Waals surface area contributed by atoms with Gasteiger partial charge in [0.2, 0.25) is 0 Å². The Morgan fingerprint density at radius 1 is 1.50 bits per heavy atom. The molecular weight excluding hydrogens is 258 g/mol. The Hall–Kier alpha value is -2.11. The van der Waals surface area contributed by atoms with E-state index in [1.54, 1.807) is 4.90 Å². The fourth-order valence-electron chi connectivity index (χ4n) is 2.48. The molecule has 0 bridgehead atoms. The summed E-state index contributed by atoms with van der Waals surface area (Å²) in [4.78, 5) is 28.8. The number of amides is 2. The zero-order valence-corrected chi connectivity index (χ0v) is 11.5. The SMILES string of the molecule is Cc1cccc(CNC(=O)N2CCCC2CC(=O)O)n1. The van der Waals surface area contributed by atoms with E-state index >= 15 is 0 Å². The molecule has 1 atom stereocenters. The monoisotopic (exact) mass is 277 g/mol. The van der Waals surface area contributed by atoms with Crippen molar-refractivity contribution in [2.75, 3.05) is 6.54 Å². The molecule has 1 saturated heterocycles. The third-order valence-electron chi connectivity index (χ3n) is 3.41. The van der Waals surface area contributed by atoms with Crippen LogP contribution in [0, 0.1) is 6.92 Å². The molecule has 1 aliphatic heterocycles. The van der Waals surface area contributed by atoms with Crippen LogP contribution in [0.1, 0.15) is 30.7 Å². The average molecular weight is 277 g/mol. The number of nitrogens with zero attached hydrogens (tertiary/aromatic N) is 2. The number of nitrogens with one attached hydrogen (secondary N) is 1. The van der Waals surface area contributed by atoms with E-state index in [9.17, 15) is 9.59 Å². The molecule has 1 fully saturated rings. The molecule has 0 aromatic carbocycles. The number of pyridine rings is 1. The van der Waals surface area contributed by atoms with Crippen LogP contribution in [0.3, 0.4) is 0 Å². The predicted molar refractivity (Wildman–Crippen MR) is 73.2 cm³/mol. The van der Waals surface area contributed by atoms with Crippen LogP contribution in [0.2, 0.25) is 0 Å². The van der Waals surface area contributed by atoms with Gasteiger partial charge in [0.1, 0.15) is 0 Å². The summed E-state index contributed by atoms with van der Waals surface area (Å²) in [5.41, 5.74) is 1.70. The summed E-state index contributed by atoms with van der Waals surface area (Å²) in [6.07, 6.45) is 1.62. The first-order chi connectivity index (χ1) is 9.56. The van der Waals surface area contributed by atoms with E-state index in [0.29, 0.717) is 13.1 Å². The number of carbonyl (C=O) groups is 2. The lowest BCUT2D eigenvalue weighted by molar-refractivity contribution is -0.137. The van der Waals surface area contributed by atoms with Gasteiger partial charge in [-0.05, 0) is 31.9 Å². The maximum Gasteiger partial charge on any atom is 0.317 e. The maximum atomic E-state index is 12.1. The molecule has 6 heteroatoms. The molecule has 2 heterocycles. The summed E-state index contributed by atoms with van der Waals surface area (Å²) >= 11 is 0. The molecule has 0 radical (unpaired) electrons. The van der Waals surface area contributed by atoms with Gasteiger partial charge < -0.3 is 15.3 Å². The van der Waals surface area contributed by atoms with Gasteiger partial charge in [-0.2, -0.15) is 0 Å². The van der Waals surface area contributed by atoms with Gasteiger partial charge in [0.15, 0.2) is 0 Å². The number of hydrogen-bond acceptors (Lipinski definition) is 3. The van der Waals surface area contributed by atoms with Gasteiger partial charge in [-0.1, -0.05) is 6.07 Å². The topological polar surface area (TPSA) is 82.5 Å². The van der Waals surface area contributed by atoms with Crippen molar-refractivity contribution in [2.45, 2.75) is 38.8 Å². The Bertz CT molecular complexity index is 504. The van der Waals surface area contributed by atoms with Gasteiger partial charge in [0.05, 0.1) is 18.7 Å². The van der Waals surface area contributed by atoms with Crippen molar-refractivity contribution in [3.63, 3.8) is 0 Å². The fourth-order valence-corrected chi connectivity index (χ4v) is 2.48. The molecule has 0 saturated carbocycles. The largest absolute Gasteiger partial charge is 0.481 e. The number of likely N-dealkylation sites (tertiary alicyclic amines) is 1. The van der Waals surface area contributed by atoms with Crippen LogP contribution in [0.25, 0.3) is 0 Å². The minimum atomic E-state index is -0.866. The smallest absolute Gasteiger partial charge is 0.317 e. The van der Waals surface area contributed by atoms with Crippen molar-refractivity contribution in [1.29, 1.82) is 0 Å². The van der Waals surface area contributed by atoms with Crippen LogP contribution in [-0.2, 0) is 11.3 Å². The van der Waals surface area contributed by atoms with Crippen molar-refractivity contribution in [3.8, 4) is 0 Å². The molecule has 2 N–H and O–H groups in total. The highest BCUT2D eigenvalue weighted by Gasteiger charge is 2.30. The molecule has 2 rings (SSSR count). The quantitative estimate of drug-likeness (QED) is 0.874. The molecule has 108 valence electrons. The van der Waals surface area contributed by atoms with Crippen LogP contribution in [0.15, 0.2) is 18.2 Å². The molecule has 1 aromatic heterocycles. The Labute approximate surface area is 117 Å². The van der Waals surface area contributed by atoms with Gasteiger partial charge in [0.25, 0.3) is 0 Å². The highest BCUT2D eigenvalue weighted by atomic mass is 16.4. The molecule has 1 unspecified atom stereocenters. The molecule has 0 aliphatic carbocycles. The summed E-state index contributed by atoms with van der Waals surface area (Å²) in [5, 5.41) is 11.6. The second kappa shape index (κ2) is 6.36. The first-order valence-corrected chi connectivity index (χ1v) is 6.75. The van der Waals surface area contributed by atoms with Crippen molar-refractivity contribution in [3.05, 3.63) is 29.6 Å². The van der Waals surface area contributed by atoms with Gasteiger partial charge in [-0.25, -0.2) is 4.79 Å². The lowest BCUT2D eigenvalue weighted by atomic mass is 10.1. The number of carboxylic acid groups (broad SMARTS) is 1. The Morgan fingerprint density at radius 3 is 3.00 bits per heavy atom. The lowest BCUT2D eigenvalue weighted by Crippen LogP contribution is -2.43. The number of carbonyl (C=O) groups excluding carboxylic acids is 1. The van der Waals surface area contributed by atoms with Gasteiger partial charge in [-0.15, -0.1) is 0 Å². The van der Waals surface area contributed by atoms with Gasteiger partial charge >= 0.3 is 12.0 Å². The van der Waals surface area contributed by atoms with Crippen LogP contribution in [-0.4, -0.2) is 39.6 Å². The van der Waals surface area contributed by atoms with E-state index < -0.39 is 5.97 Å². The van der Waals surface area contributed by atoms with Gasteiger partial charge in [-0.3, -0.25) is 9.78 Å². The van der Waals surface area contributed by atoms with Crippen LogP contribution >= 0.6 is 0 Å². The number of carboxylic acids is 1. The number of aromatic nitrogens is 1. The minimum Gasteiger partial charge on any atom is -0.481 e. The average Bonchev–Trinajstić information content (AvgIpc) is 2.83. The number of hydrogen-bond donors (Lipinski definition) is 2. The third-order valence-corrected chi connectivity index (χ3v) is 3.41. The number of urea groups is 1. The first-order valence-electron chi connectivity index (χ1n) is 6.75. The predicted octanol–water partition coefficient (Wildman–Crippen LogP) is 1.54. The summed E-state index contributed by atoms with van der Waals surface area (Å²) in [6, 6.07) is 5.24. The van der Waals surface area contributed by atoms with Crippen molar-refractivity contribution in [1.82, 2.24) is 15.2 Å². The van der Waals surface area contributed by atoms with Crippen molar-refractivity contribution >= 4 is 12.0 Å². The Balaban J connectivity index is 1.89. The highest BCUT2D eigenvalue weighted by molar-refractivity contribution is 5.76. The molecule has 6 nitrogen and oxygen atoms in total.